The van der Waals surface area contributed by atoms with Crippen LogP contribution in [0, 0.1) is 5.92 Å². The number of aromatic nitrogens is 1. The highest BCUT2D eigenvalue weighted by molar-refractivity contribution is 9.10. The Morgan fingerprint density at radius 3 is 2.81 bits per heavy atom. The molecule has 1 aromatic heterocycles. The molecule has 27 heavy (non-hydrogen) atoms. The number of carbonyl (C=O) groups is 2. The number of carbonyl (C=O) groups excluding carboxylic acids is 2. The summed E-state index contributed by atoms with van der Waals surface area (Å²) >= 11 is 3.40. The highest BCUT2D eigenvalue weighted by Crippen LogP contribution is 2.30. The SMILES string of the molecule is CC(C)(C)OC(=O)N1CC[C@H](C(=O)Nc2cnc3cc(Br)ccc3c2N)C1. The van der Waals surface area contributed by atoms with Crippen LogP contribution < -0.4 is 11.1 Å². The van der Waals surface area contributed by atoms with Crippen molar-refractivity contribution in [1.29, 1.82) is 0 Å². The number of likely N-dealkylation sites (tertiary alicyclic amines) is 1. The third kappa shape index (κ3) is 4.50. The van der Waals surface area contributed by atoms with Crippen molar-refractivity contribution < 1.29 is 14.3 Å². The van der Waals surface area contributed by atoms with Crippen LogP contribution in [0.2, 0.25) is 0 Å². The highest BCUT2D eigenvalue weighted by atomic mass is 79.9. The summed E-state index contributed by atoms with van der Waals surface area (Å²) in [5.74, 6) is -0.483. The molecule has 3 rings (SSSR count). The van der Waals surface area contributed by atoms with Crippen LogP contribution in [0.4, 0.5) is 16.2 Å². The molecule has 1 aliphatic heterocycles. The van der Waals surface area contributed by atoms with E-state index >= 15 is 0 Å². The smallest absolute Gasteiger partial charge is 0.410 e. The number of nitrogens with two attached hydrogens (primary N) is 1. The number of halogens is 1. The van der Waals surface area contributed by atoms with E-state index in [1.165, 1.54) is 0 Å². The minimum absolute atomic E-state index is 0.175. The maximum absolute atomic E-state index is 12.6. The van der Waals surface area contributed by atoms with Crippen molar-refractivity contribution in [3.63, 3.8) is 0 Å². The number of amides is 2. The number of anilines is 2. The van der Waals surface area contributed by atoms with Crippen LogP contribution in [0.1, 0.15) is 27.2 Å². The van der Waals surface area contributed by atoms with E-state index in [-0.39, 0.29) is 11.8 Å². The molecule has 2 heterocycles. The number of ether oxygens (including phenoxy) is 1. The standard InChI is InChI=1S/C19H23BrN4O3/c1-19(2,3)27-18(26)24-7-6-11(10-24)17(25)23-15-9-22-14-8-12(20)4-5-13(14)16(15)21/h4-5,8-9,11H,6-7,10H2,1-3H3,(H2,21,22)(H,23,25)/t11-/m0/s1. The number of nitrogen functional groups attached to an aromatic ring is 1. The molecule has 1 aromatic carbocycles. The molecule has 3 N–H and O–H groups in total. The first kappa shape index (κ1) is 19.4. The van der Waals surface area contributed by atoms with Gasteiger partial charge in [-0.2, -0.15) is 0 Å². The van der Waals surface area contributed by atoms with Gasteiger partial charge in [0.25, 0.3) is 0 Å². The fourth-order valence-electron chi connectivity index (χ4n) is 2.99. The van der Waals surface area contributed by atoms with Gasteiger partial charge in [-0.05, 0) is 45.4 Å². The minimum Gasteiger partial charge on any atom is -0.444 e. The van der Waals surface area contributed by atoms with Gasteiger partial charge in [0, 0.05) is 22.9 Å². The van der Waals surface area contributed by atoms with Crippen LogP contribution in [0.15, 0.2) is 28.9 Å². The third-order valence-electron chi connectivity index (χ3n) is 4.34. The molecule has 0 radical (unpaired) electrons. The van der Waals surface area contributed by atoms with Crippen molar-refractivity contribution in [3.05, 3.63) is 28.9 Å². The van der Waals surface area contributed by atoms with Crippen LogP contribution in [-0.4, -0.2) is 40.6 Å². The van der Waals surface area contributed by atoms with Crippen molar-refractivity contribution in [1.82, 2.24) is 9.88 Å². The topological polar surface area (TPSA) is 97.5 Å². The molecule has 7 nitrogen and oxygen atoms in total. The summed E-state index contributed by atoms with van der Waals surface area (Å²) in [7, 11) is 0. The van der Waals surface area contributed by atoms with E-state index in [2.05, 4.69) is 26.2 Å². The largest absolute Gasteiger partial charge is 0.444 e. The summed E-state index contributed by atoms with van der Waals surface area (Å²) in [4.78, 5) is 30.7. The fourth-order valence-corrected chi connectivity index (χ4v) is 3.34. The maximum atomic E-state index is 12.6. The van der Waals surface area contributed by atoms with E-state index in [4.69, 9.17) is 10.5 Å². The highest BCUT2D eigenvalue weighted by Gasteiger charge is 2.33. The zero-order chi connectivity index (χ0) is 19.8. The Morgan fingerprint density at radius 2 is 2.11 bits per heavy atom. The first-order valence-electron chi connectivity index (χ1n) is 8.76. The van der Waals surface area contributed by atoms with E-state index in [1.807, 2.05) is 39.0 Å². The molecule has 0 unspecified atom stereocenters. The Morgan fingerprint density at radius 1 is 1.37 bits per heavy atom. The molecule has 1 saturated heterocycles. The Bertz CT molecular complexity index is 894. The lowest BCUT2D eigenvalue weighted by Crippen LogP contribution is -2.36. The molecular formula is C19H23BrN4O3. The summed E-state index contributed by atoms with van der Waals surface area (Å²) in [6, 6.07) is 5.60. The predicted octanol–water partition coefficient (Wildman–Crippen LogP) is 3.78. The van der Waals surface area contributed by atoms with Gasteiger partial charge in [-0.25, -0.2) is 4.79 Å². The quantitative estimate of drug-likeness (QED) is 0.749. The number of pyridine rings is 1. The lowest BCUT2D eigenvalue weighted by Gasteiger charge is -2.24. The molecule has 144 valence electrons. The molecule has 1 aliphatic rings. The number of nitrogens with one attached hydrogen (secondary N) is 1. The first-order valence-corrected chi connectivity index (χ1v) is 9.56. The Labute approximate surface area is 166 Å². The second-order valence-corrected chi connectivity index (χ2v) is 8.56. The van der Waals surface area contributed by atoms with E-state index < -0.39 is 11.7 Å². The normalized spacial score (nSPS) is 17.2. The van der Waals surface area contributed by atoms with Crippen molar-refractivity contribution >= 4 is 50.2 Å². The molecule has 1 fully saturated rings. The van der Waals surface area contributed by atoms with Crippen LogP contribution >= 0.6 is 15.9 Å². The number of hydrogen-bond donors (Lipinski definition) is 2. The lowest BCUT2D eigenvalue weighted by atomic mass is 10.1. The summed E-state index contributed by atoms with van der Waals surface area (Å²) in [5.41, 5.74) is 7.35. The van der Waals surface area contributed by atoms with E-state index in [1.54, 1.807) is 11.1 Å². The zero-order valence-electron chi connectivity index (χ0n) is 15.6. The predicted molar refractivity (Wildman–Crippen MR) is 108 cm³/mol. The van der Waals surface area contributed by atoms with Gasteiger partial charge in [0.1, 0.15) is 5.60 Å². The van der Waals surface area contributed by atoms with E-state index in [0.29, 0.717) is 30.9 Å². The number of nitrogens with zero attached hydrogens (tertiary/aromatic N) is 2. The fraction of sp³-hybridized carbons (Fsp3) is 0.421. The van der Waals surface area contributed by atoms with Crippen molar-refractivity contribution in [3.8, 4) is 0 Å². The number of benzene rings is 1. The molecule has 8 heteroatoms. The van der Waals surface area contributed by atoms with Gasteiger partial charge in [0.15, 0.2) is 0 Å². The maximum Gasteiger partial charge on any atom is 0.410 e. The zero-order valence-corrected chi connectivity index (χ0v) is 17.2. The van der Waals surface area contributed by atoms with Crippen LogP contribution in [-0.2, 0) is 9.53 Å². The average molecular weight is 435 g/mol. The first-order chi connectivity index (χ1) is 12.6. The Hall–Kier alpha value is -2.35. The summed E-state index contributed by atoms with van der Waals surface area (Å²) in [6.07, 6.45) is 1.75. The second kappa shape index (κ2) is 7.34. The van der Waals surface area contributed by atoms with Crippen LogP contribution in [0.5, 0.6) is 0 Å². The van der Waals surface area contributed by atoms with Gasteiger partial charge in [-0.15, -0.1) is 0 Å². The number of fused-ring (bicyclic) bond motifs is 1. The molecule has 0 aliphatic carbocycles. The summed E-state index contributed by atoms with van der Waals surface area (Å²) in [6.45, 7) is 6.28. The van der Waals surface area contributed by atoms with Crippen LogP contribution in [0.3, 0.4) is 0 Å². The van der Waals surface area contributed by atoms with Gasteiger partial charge < -0.3 is 20.7 Å². The monoisotopic (exact) mass is 434 g/mol. The number of rotatable bonds is 2. The van der Waals surface area contributed by atoms with Gasteiger partial charge >= 0.3 is 6.09 Å². The van der Waals surface area contributed by atoms with Crippen molar-refractivity contribution in [2.45, 2.75) is 32.8 Å². The van der Waals surface area contributed by atoms with Crippen molar-refractivity contribution in [2.24, 2.45) is 5.92 Å². The molecule has 1 atom stereocenters. The Kier molecular flexibility index (Phi) is 5.28. The molecule has 0 bridgehead atoms. The number of hydrogen-bond acceptors (Lipinski definition) is 5. The average Bonchev–Trinajstić information content (AvgIpc) is 3.06. The minimum atomic E-state index is -0.558. The van der Waals surface area contributed by atoms with Crippen LogP contribution in [0.25, 0.3) is 10.9 Å². The molecule has 0 saturated carbocycles. The molecular weight excluding hydrogens is 412 g/mol. The van der Waals surface area contributed by atoms with Gasteiger partial charge in [-0.3, -0.25) is 9.78 Å². The second-order valence-electron chi connectivity index (χ2n) is 7.65. The molecule has 0 spiro atoms. The van der Waals surface area contributed by atoms with E-state index in [0.717, 1.165) is 15.4 Å². The third-order valence-corrected chi connectivity index (χ3v) is 4.83. The van der Waals surface area contributed by atoms with Gasteiger partial charge in [0.05, 0.1) is 29.0 Å². The summed E-state index contributed by atoms with van der Waals surface area (Å²) < 4.78 is 6.28. The molecule has 2 amide bonds. The molecule has 2 aromatic rings. The van der Waals surface area contributed by atoms with Crippen molar-refractivity contribution in [2.75, 3.05) is 24.1 Å². The lowest BCUT2D eigenvalue weighted by molar-refractivity contribution is -0.119. The van der Waals surface area contributed by atoms with Gasteiger partial charge in [0.2, 0.25) is 5.91 Å². The van der Waals surface area contributed by atoms with Gasteiger partial charge in [-0.1, -0.05) is 15.9 Å². The van der Waals surface area contributed by atoms with E-state index in [9.17, 15) is 9.59 Å². The summed E-state index contributed by atoms with van der Waals surface area (Å²) in [5, 5.41) is 3.63. The Balaban J connectivity index is 1.68.